The molecular formula is C10H19N3. The van der Waals surface area contributed by atoms with E-state index in [0.29, 0.717) is 6.04 Å². The van der Waals surface area contributed by atoms with Crippen LogP contribution in [0.2, 0.25) is 0 Å². The molecule has 1 aliphatic heterocycles. The molecule has 3 unspecified atom stereocenters. The predicted molar refractivity (Wildman–Crippen MR) is 54.8 cm³/mol. The van der Waals surface area contributed by atoms with Gasteiger partial charge in [-0.3, -0.25) is 4.99 Å². The quantitative estimate of drug-likeness (QED) is 0.651. The van der Waals surface area contributed by atoms with E-state index in [4.69, 9.17) is 0 Å². The molecule has 2 rings (SSSR count). The molecule has 0 saturated heterocycles. The van der Waals surface area contributed by atoms with Gasteiger partial charge >= 0.3 is 0 Å². The van der Waals surface area contributed by atoms with Crippen LogP contribution in [0.3, 0.4) is 0 Å². The Hall–Kier alpha value is -0.730. The summed E-state index contributed by atoms with van der Waals surface area (Å²) in [5.41, 5.74) is 0. The largest absolute Gasteiger partial charge is 0.353 e. The van der Waals surface area contributed by atoms with E-state index >= 15 is 0 Å². The number of likely N-dealkylation sites (N-methyl/N-ethyl adjacent to an activating group) is 1. The van der Waals surface area contributed by atoms with E-state index in [0.717, 1.165) is 30.9 Å². The molecule has 0 radical (unpaired) electrons. The van der Waals surface area contributed by atoms with Crippen LogP contribution >= 0.6 is 0 Å². The molecule has 1 aliphatic carbocycles. The van der Waals surface area contributed by atoms with Gasteiger partial charge in [-0.1, -0.05) is 13.8 Å². The van der Waals surface area contributed by atoms with E-state index in [-0.39, 0.29) is 0 Å². The molecule has 1 fully saturated rings. The third-order valence-electron chi connectivity index (χ3n) is 3.53. The zero-order valence-corrected chi connectivity index (χ0v) is 8.75. The second kappa shape index (κ2) is 3.20. The van der Waals surface area contributed by atoms with Gasteiger partial charge in [0, 0.05) is 19.6 Å². The first-order chi connectivity index (χ1) is 6.18. The maximum absolute atomic E-state index is 4.43. The summed E-state index contributed by atoms with van der Waals surface area (Å²) in [5.74, 6) is 2.78. The molecule has 0 spiro atoms. The molecule has 1 heterocycles. The molecule has 0 aromatic heterocycles. The van der Waals surface area contributed by atoms with Crippen LogP contribution in [0.25, 0.3) is 0 Å². The summed E-state index contributed by atoms with van der Waals surface area (Å²) in [6.07, 6.45) is 1.30. The minimum absolute atomic E-state index is 0.661. The second-order valence-corrected chi connectivity index (χ2v) is 4.45. The number of nitrogens with one attached hydrogen (secondary N) is 1. The van der Waals surface area contributed by atoms with Crippen LogP contribution in [0, 0.1) is 11.8 Å². The summed E-state index contributed by atoms with van der Waals surface area (Å²) < 4.78 is 0. The fraction of sp³-hybridized carbons (Fsp3) is 0.900. The van der Waals surface area contributed by atoms with Crippen LogP contribution in [-0.4, -0.2) is 37.0 Å². The number of guanidine groups is 1. The number of hydrogen-bond donors (Lipinski definition) is 1. The van der Waals surface area contributed by atoms with Gasteiger partial charge in [0.1, 0.15) is 0 Å². The molecule has 3 nitrogen and oxygen atoms in total. The van der Waals surface area contributed by atoms with E-state index in [2.05, 4.69) is 36.1 Å². The van der Waals surface area contributed by atoms with E-state index in [1.165, 1.54) is 6.42 Å². The lowest BCUT2D eigenvalue weighted by molar-refractivity contribution is 0.153. The molecule has 3 atom stereocenters. The number of nitrogens with zero attached hydrogens (tertiary/aromatic N) is 2. The summed E-state index contributed by atoms with van der Waals surface area (Å²) >= 11 is 0. The van der Waals surface area contributed by atoms with Crippen LogP contribution in [-0.2, 0) is 0 Å². The highest BCUT2D eigenvalue weighted by Crippen LogP contribution is 2.33. The number of aliphatic imine (C=N–C) groups is 1. The molecule has 2 aliphatic rings. The SMILES string of the molecule is CC1CC(NC2=NCCN2C)C1C. The Labute approximate surface area is 80.2 Å². The van der Waals surface area contributed by atoms with Gasteiger partial charge in [0.2, 0.25) is 0 Å². The van der Waals surface area contributed by atoms with Crippen molar-refractivity contribution in [2.24, 2.45) is 16.8 Å². The first-order valence-electron chi connectivity index (χ1n) is 5.20. The minimum atomic E-state index is 0.661. The van der Waals surface area contributed by atoms with Crippen LogP contribution in [0.1, 0.15) is 20.3 Å². The zero-order chi connectivity index (χ0) is 9.42. The second-order valence-electron chi connectivity index (χ2n) is 4.45. The Kier molecular flexibility index (Phi) is 2.18. The zero-order valence-electron chi connectivity index (χ0n) is 8.75. The van der Waals surface area contributed by atoms with Crippen molar-refractivity contribution in [1.29, 1.82) is 0 Å². The minimum Gasteiger partial charge on any atom is -0.353 e. The maximum atomic E-state index is 4.43. The smallest absolute Gasteiger partial charge is 0.194 e. The van der Waals surface area contributed by atoms with E-state index in [1.807, 2.05) is 0 Å². The van der Waals surface area contributed by atoms with Crippen molar-refractivity contribution in [2.45, 2.75) is 26.3 Å². The van der Waals surface area contributed by atoms with Gasteiger partial charge in [-0.15, -0.1) is 0 Å². The fourth-order valence-electron chi connectivity index (χ4n) is 2.08. The third kappa shape index (κ3) is 1.52. The summed E-state index contributed by atoms with van der Waals surface area (Å²) in [7, 11) is 2.10. The first-order valence-corrected chi connectivity index (χ1v) is 5.20. The highest BCUT2D eigenvalue weighted by atomic mass is 15.3. The predicted octanol–water partition coefficient (Wildman–Crippen LogP) is 0.922. The van der Waals surface area contributed by atoms with E-state index < -0.39 is 0 Å². The fourth-order valence-corrected chi connectivity index (χ4v) is 2.08. The van der Waals surface area contributed by atoms with Crippen molar-refractivity contribution in [3.8, 4) is 0 Å². The van der Waals surface area contributed by atoms with Gasteiger partial charge in [-0.25, -0.2) is 0 Å². The van der Waals surface area contributed by atoms with Gasteiger partial charge in [0.15, 0.2) is 5.96 Å². The normalized spacial score (nSPS) is 38.5. The van der Waals surface area contributed by atoms with Gasteiger partial charge in [-0.05, 0) is 18.3 Å². The van der Waals surface area contributed by atoms with Gasteiger partial charge < -0.3 is 10.2 Å². The Morgan fingerprint density at radius 3 is 2.69 bits per heavy atom. The Bertz CT molecular complexity index is 224. The lowest BCUT2D eigenvalue weighted by Crippen LogP contribution is -2.52. The Morgan fingerprint density at radius 1 is 1.46 bits per heavy atom. The van der Waals surface area contributed by atoms with Gasteiger partial charge in [-0.2, -0.15) is 0 Å². The van der Waals surface area contributed by atoms with Gasteiger partial charge in [0.25, 0.3) is 0 Å². The molecule has 0 bridgehead atoms. The number of rotatable bonds is 1. The molecule has 0 aromatic rings. The molecule has 3 heteroatoms. The van der Waals surface area contributed by atoms with Crippen LogP contribution in [0.5, 0.6) is 0 Å². The van der Waals surface area contributed by atoms with Crippen molar-refractivity contribution in [1.82, 2.24) is 10.2 Å². The maximum Gasteiger partial charge on any atom is 0.194 e. The highest BCUT2D eigenvalue weighted by molar-refractivity contribution is 5.81. The van der Waals surface area contributed by atoms with Crippen molar-refractivity contribution in [3.05, 3.63) is 0 Å². The molecule has 0 aromatic carbocycles. The molecular weight excluding hydrogens is 162 g/mol. The van der Waals surface area contributed by atoms with Crippen molar-refractivity contribution < 1.29 is 0 Å². The molecule has 0 amide bonds. The third-order valence-corrected chi connectivity index (χ3v) is 3.53. The molecule has 13 heavy (non-hydrogen) atoms. The summed E-state index contributed by atoms with van der Waals surface area (Å²) in [5, 5.41) is 3.52. The topological polar surface area (TPSA) is 27.6 Å². The van der Waals surface area contributed by atoms with Crippen molar-refractivity contribution in [3.63, 3.8) is 0 Å². The average molecular weight is 181 g/mol. The lowest BCUT2D eigenvalue weighted by atomic mass is 9.71. The van der Waals surface area contributed by atoms with Crippen molar-refractivity contribution in [2.75, 3.05) is 20.1 Å². The lowest BCUT2D eigenvalue weighted by Gasteiger charge is -2.42. The standard InChI is InChI=1S/C10H19N3/c1-7-6-9(8(7)2)12-10-11-4-5-13(10)3/h7-9H,4-6H2,1-3H3,(H,11,12). The summed E-state index contributed by atoms with van der Waals surface area (Å²) in [4.78, 5) is 6.63. The van der Waals surface area contributed by atoms with Crippen molar-refractivity contribution >= 4 is 5.96 Å². The summed E-state index contributed by atoms with van der Waals surface area (Å²) in [6, 6.07) is 0.661. The molecule has 1 N–H and O–H groups in total. The average Bonchev–Trinajstić information content (AvgIpc) is 2.51. The van der Waals surface area contributed by atoms with Crippen LogP contribution in [0.15, 0.2) is 4.99 Å². The Balaban J connectivity index is 1.85. The highest BCUT2D eigenvalue weighted by Gasteiger charge is 2.35. The van der Waals surface area contributed by atoms with E-state index in [9.17, 15) is 0 Å². The van der Waals surface area contributed by atoms with Crippen LogP contribution < -0.4 is 5.32 Å². The van der Waals surface area contributed by atoms with Gasteiger partial charge in [0.05, 0.1) is 6.54 Å². The molecule has 1 saturated carbocycles. The van der Waals surface area contributed by atoms with Crippen LogP contribution in [0.4, 0.5) is 0 Å². The summed E-state index contributed by atoms with van der Waals surface area (Å²) in [6.45, 7) is 6.67. The Morgan fingerprint density at radius 2 is 2.23 bits per heavy atom. The first kappa shape index (κ1) is 8.85. The number of hydrogen-bond acceptors (Lipinski definition) is 3. The van der Waals surface area contributed by atoms with E-state index in [1.54, 1.807) is 0 Å². The molecule has 74 valence electrons. The monoisotopic (exact) mass is 181 g/mol.